The van der Waals surface area contributed by atoms with Crippen LogP contribution < -0.4 is 4.74 Å². The second kappa shape index (κ2) is 6.91. The van der Waals surface area contributed by atoms with E-state index in [1.165, 1.54) is 7.11 Å². The van der Waals surface area contributed by atoms with Gasteiger partial charge in [0, 0.05) is 31.5 Å². The van der Waals surface area contributed by atoms with Crippen molar-refractivity contribution in [2.45, 2.75) is 51.7 Å². The van der Waals surface area contributed by atoms with Crippen LogP contribution in [0.1, 0.15) is 55.1 Å². The van der Waals surface area contributed by atoms with Gasteiger partial charge >= 0.3 is 12.1 Å². The molecule has 6 heteroatoms. The molecule has 0 N–H and O–H groups in total. The normalized spacial score (nSPS) is 17.9. The highest BCUT2D eigenvalue weighted by Crippen LogP contribution is 2.38. The molecule has 0 atom stereocenters. The van der Waals surface area contributed by atoms with E-state index in [0.29, 0.717) is 31.5 Å². The molecule has 6 nitrogen and oxygen atoms in total. The lowest BCUT2D eigenvalue weighted by atomic mass is 9.87. The smallest absolute Gasteiger partial charge is 0.410 e. The zero-order valence-electron chi connectivity index (χ0n) is 16.6. The van der Waals surface area contributed by atoms with Crippen LogP contribution in [0.4, 0.5) is 4.79 Å². The van der Waals surface area contributed by atoms with Crippen LogP contribution >= 0.6 is 0 Å². The molecule has 1 spiro atoms. The van der Waals surface area contributed by atoms with Crippen LogP contribution in [0.3, 0.4) is 0 Å². The van der Waals surface area contributed by atoms with Crippen LogP contribution in [-0.2, 0) is 9.47 Å². The van der Waals surface area contributed by atoms with E-state index in [-0.39, 0.29) is 12.1 Å². The summed E-state index contributed by atoms with van der Waals surface area (Å²) >= 11 is 0. The van der Waals surface area contributed by atoms with Crippen molar-refractivity contribution in [3.05, 3.63) is 34.9 Å². The van der Waals surface area contributed by atoms with Gasteiger partial charge in [0.2, 0.25) is 0 Å². The molecular weight excluding hydrogens is 346 g/mol. The van der Waals surface area contributed by atoms with E-state index in [1.807, 2.05) is 45.9 Å². The van der Waals surface area contributed by atoms with Gasteiger partial charge < -0.3 is 19.1 Å². The van der Waals surface area contributed by atoms with Crippen molar-refractivity contribution in [3.8, 4) is 5.75 Å². The summed E-state index contributed by atoms with van der Waals surface area (Å²) in [5.41, 5.74) is 1.30. The van der Waals surface area contributed by atoms with Gasteiger partial charge in [-0.1, -0.05) is 6.08 Å². The Hall–Kier alpha value is -2.50. The number of piperidine rings is 1. The number of amides is 1. The van der Waals surface area contributed by atoms with Crippen LogP contribution in [0.2, 0.25) is 0 Å². The van der Waals surface area contributed by atoms with Gasteiger partial charge in [-0.15, -0.1) is 0 Å². The number of fused-ring (bicyclic) bond motifs is 1. The van der Waals surface area contributed by atoms with Gasteiger partial charge in [0.25, 0.3) is 0 Å². The summed E-state index contributed by atoms with van der Waals surface area (Å²) in [6.45, 7) is 8.62. The maximum atomic E-state index is 12.3. The van der Waals surface area contributed by atoms with Gasteiger partial charge in [0.1, 0.15) is 17.0 Å². The highest BCUT2D eigenvalue weighted by atomic mass is 16.6. The third-order valence-electron chi connectivity index (χ3n) is 4.90. The van der Waals surface area contributed by atoms with Gasteiger partial charge in [-0.2, -0.15) is 0 Å². The highest BCUT2D eigenvalue weighted by molar-refractivity contribution is 5.92. The molecule has 1 fully saturated rings. The minimum Gasteiger partial charge on any atom is -0.482 e. The fourth-order valence-corrected chi connectivity index (χ4v) is 3.40. The number of benzene rings is 1. The van der Waals surface area contributed by atoms with Gasteiger partial charge in [0.15, 0.2) is 0 Å². The van der Waals surface area contributed by atoms with Crippen LogP contribution in [0.15, 0.2) is 18.2 Å². The van der Waals surface area contributed by atoms with E-state index < -0.39 is 11.2 Å². The minimum absolute atomic E-state index is 0.281. The van der Waals surface area contributed by atoms with Crippen LogP contribution in [-0.4, -0.2) is 48.4 Å². The average molecular weight is 373 g/mol. The molecule has 1 saturated heterocycles. The SMILES string of the molecule is COC(=O)c1cc2c(cc1C)OC1(C=C2)CCN(C(=O)OC(C)(C)C)CC1. The summed E-state index contributed by atoms with van der Waals surface area (Å²) in [5.74, 6) is 0.406. The first-order valence-electron chi connectivity index (χ1n) is 9.22. The molecule has 3 rings (SSSR count). The molecule has 0 radical (unpaired) electrons. The Bertz CT molecular complexity index is 782. The summed E-state index contributed by atoms with van der Waals surface area (Å²) < 4.78 is 16.6. The van der Waals surface area contributed by atoms with E-state index in [9.17, 15) is 9.59 Å². The van der Waals surface area contributed by atoms with Crippen molar-refractivity contribution in [1.29, 1.82) is 0 Å². The fourth-order valence-electron chi connectivity index (χ4n) is 3.40. The number of carbonyl (C=O) groups is 2. The van der Waals surface area contributed by atoms with Crippen molar-refractivity contribution in [2.75, 3.05) is 20.2 Å². The summed E-state index contributed by atoms with van der Waals surface area (Å²) in [4.78, 5) is 25.9. The number of nitrogens with zero attached hydrogens (tertiary/aromatic N) is 1. The van der Waals surface area contributed by atoms with Crippen molar-refractivity contribution in [2.24, 2.45) is 0 Å². The molecule has 0 aliphatic carbocycles. The Morgan fingerprint density at radius 1 is 1.19 bits per heavy atom. The van der Waals surface area contributed by atoms with E-state index >= 15 is 0 Å². The molecule has 0 bridgehead atoms. The quantitative estimate of drug-likeness (QED) is 0.697. The summed E-state index contributed by atoms with van der Waals surface area (Å²) in [6.07, 6.45) is 5.14. The lowest BCUT2D eigenvalue weighted by molar-refractivity contribution is -0.00102. The standard InChI is InChI=1S/C21H27NO5/c1-14-12-17-15(13-16(14)18(23)25-5)6-7-21(26-17)8-10-22(11-9-21)19(24)27-20(2,3)4/h6-7,12-13H,8-11H2,1-5H3. The molecule has 1 amide bonds. The van der Waals surface area contributed by atoms with Crippen molar-refractivity contribution < 1.29 is 23.8 Å². The maximum Gasteiger partial charge on any atom is 0.410 e. The first-order chi connectivity index (χ1) is 12.6. The van der Waals surface area contributed by atoms with E-state index in [1.54, 1.807) is 11.0 Å². The Morgan fingerprint density at radius 2 is 1.85 bits per heavy atom. The number of rotatable bonds is 1. The lowest BCUT2D eigenvalue weighted by Crippen LogP contribution is -2.50. The molecule has 27 heavy (non-hydrogen) atoms. The second-order valence-electron chi connectivity index (χ2n) is 8.16. The molecular formula is C21H27NO5. The molecule has 0 aromatic heterocycles. The van der Waals surface area contributed by atoms with Crippen molar-refractivity contribution in [3.63, 3.8) is 0 Å². The highest BCUT2D eigenvalue weighted by Gasteiger charge is 2.39. The predicted molar refractivity (Wildman–Crippen MR) is 102 cm³/mol. The Kier molecular flexibility index (Phi) is 4.93. The number of hydrogen-bond acceptors (Lipinski definition) is 5. The van der Waals surface area contributed by atoms with Gasteiger partial charge in [0.05, 0.1) is 12.7 Å². The van der Waals surface area contributed by atoms with E-state index in [2.05, 4.69) is 0 Å². The first-order valence-corrected chi connectivity index (χ1v) is 9.22. The first kappa shape index (κ1) is 19.3. The molecule has 2 aliphatic rings. The summed E-state index contributed by atoms with van der Waals surface area (Å²) in [5, 5.41) is 0. The fraction of sp³-hybridized carbons (Fsp3) is 0.524. The summed E-state index contributed by atoms with van der Waals surface area (Å²) in [7, 11) is 1.38. The average Bonchev–Trinajstić information content (AvgIpc) is 2.59. The minimum atomic E-state index is -0.499. The molecule has 1 aromatic carbocycles. The van der Waals surface area contributed by atoms with Crippen molar-refractivity contribution in [1.82, 2.24) is 4.90 Å². The summed E-state index contributed by atoms with van der Waals surface area (Å²) in [6, 6.07) is 3.68. The van der Waals surface area contributed by atoms with Crippen LogP contribution in [0, 0.1) is 6.92 Å². The zero-order chi connectivity index (χ0) is 19.8. The molecule has 2 heterocycles. The molecule has 146 valence electrons. The number of aryl methyl sites for hydroxylation is 1. The molecule has 1 aromatic rings. The van der Waals surface area contributed by atoms with Crippen LogP contribution in [0.25, 0.3) is 6.08 Å². The number of carbonyl (C=O) groups excluding carboxylic acids is 2. The largest absolute Gasteiger partial charge is 0.482 e. The predicted octanol–water partition coefficient (Wildman–Crippen LogP) is 3.96. The third-order valence-corrected chi connectivity index (χ3v) is 4.90. The molecule has 0 saturated carbocycles. The Labute approximate surface area is 160 Å². The molecule has 2 aliphatic heterocycles. The van der Waals surface area contributed by atoms with Crippen molar-refractivity contribution >= 4 is 18.1 Å². The number of methoxy groups -OCH3 is 1. The third kappa shape index (κ3) is 4.10. The second-order valence-corrected chi connectivity index (χ2v) is 8.16. The lowest BCUT2D eigenvalue weighted by Gasteiger charge is -2.42. The monoisotopic (exact) mass is 373 g/mol. The number of ether oxygens (including phenoxy) is 3. The Morgan fingerprint density at radius 3 is 2.44 bits per heavy atom. The van der Waals surface area contributed by atoms with E-state index in [0.717, 1.165) is 16.9 Å². The maximum absolute atomic E-state index is 12.3. The Balaban J connectivity index is 1.72. The van der Waals surface area contributed by atoms with Gasteiger partial charge in [-0.25, -0.2) is 9.59 Å². The topological polar surface area (TPSA) is 65.1 Å². The number of esters is 1. The number of likely N-dealkylation sites (tertiary alicyclic amines) is 1. The molecule has 0 unspecified atom stereocenters. The zero-order valence-corrected chi connectivity index (χ0v) is 16.6. The van der Waals surface area contributed by atoms with Gasteiger partial charge in [-0.3, -0.25) is 0 Å². The van der Waals surface area contributed by atoms with E-state index in [4.69, 9.17) is 14.2 Å². The van der Waals surface area contributed by atoms with Gasteiger partial charge in [-0.05, 0) is 51.5 Å². The number of hydrogen-bond donors (Lipinski definition) is 0. The van der Waals surface area contributed by atoms with Crippen LogP contribution in [0.5, 0.6) is 5.75 Å².